The molecular weight excluding hydrogens is 498 g/mol. The molecule has 0 aromatic heterocycles. The van der Waals surface area contributed by atoms with E-state index in [1.54, 1.807) is 0 Å². The van der Waals surface area contributed by atoms with Gasteiger partial charge >= 0.3 is 0 Å². The third-order valence-electron chi connectivity index (χ3n) is 0.647. The number of carbonyl (C=O) groups is 2. The maximum atomic E-state index is 9.83. The van der Waals surface area contributed by atoms with Crippen molar-refractivity contribution in [2.75, 3.05) is 32.9 Å². The normalized spacial score (nSPS) is 8.17. The number of Topliss-reactive ketones (excluding diaryl/α,β-unsaturated/α-hetero) is 1. The summed E-state index contributed by atoms with van der Waals surface area (Å²) < 4.78 is 41.9. The summed E-state index contributed by atoms with van der Waals surface area (Å²) in [4.78, 5) is 19.1. The van der Waals surface area contributed by atoms with Crippen LogP contribution in [0.4, 0.5) is 0 Å². The third-order valence-corrected chi connectivity index (χ3v) is 1.31. The minimum absolute atomic E-state index is 0. The first-order valence-corrected chi connectivity index (χ1v) is 9.25. The molecule has 0 aliphatic carbocycles. The van der Waals surface area contributed by atoms with Crippen LogP contribution in [0.2, 0.25) is 0 Å². The molecule has 0 rings (SSSR count). The quantitative estimate of drug-likeness (QED) is 0.508. The molecule has 0 spiro atoms. The van der Waals surface area contributed by atoms with E-state index in [4.69, 9.17) is 0 Å². The van der Waals surface area contributed by atoms with E-state index in [9.17, 15) is 26.4 Å². The van der Waals surface area contributed by atoms with Gasteiger partial charge in [-0.1, -0.05) is 7.43 Å². The molecule has 12 heteroatoms. The number of nitrogens with zero attached hydrogens (tertiary/aromatic N) is 2. The maximum Gasteiger partial charge on any atom is 0.144 e. The Labute approximate surface area is 192 Å². The van der Waals surface area contributed by atoms with Crippen LogP contribution < -0.4 is 0 Å². The summed E-state index contributed by atoms with van der Waals surface area (Å²) in [7, 11) is -2.98. The Kier molecular flexibility index (Phi) is 48.7. The molecule has 23 heavy (non-hydrogen) atoms. The van der Waals surface area contributed by atoms with Crippen LogP contribution in [0.1, 0.15) is 28.2 Å². The van der Waals surface area contributed by atoms with Crippen molar-refractivity contribution in [1.29, 1.82) is 0 Å². The van der Waals surface area contributed by atoms with E-state index < -0.39 is 19.9 Å². The van der Waals surface area contributed by atoms with Crippen LogP contribution in [0.5, 0.6) is 0 Å². The minimum atomic E-state index is -3.04. The first-order chi connectivity index (χ1) is 8.56. The van der Waals surface area contributed by atoms with Gasteiger partial charge in [0, 0.05) is 90.1 Å². The van der Waals surface area contributed by atoms with Gasteiger partial charge in [-0.15, -0.1) is 7.05 Å². The molecule has 0 unspecified atom stereocenters. The number of sulfone groups is 1. The first-order valence-electron chi connectivity index (χ1n) is 5.10. The van der Waals surface area contributed by atoms with E-state index in [1.807, 2.05) is 0 Å². The van der Waals surface area contributed by atoms with Crippen LogP contribution in [-0.4, -0.2) is 61.4 Å². The molecule has 138 valence electrons. The molecule has 0 N–H and O–H groups in total. The zero-order valence-electron chi connectivity index (χ0n) is 14.3. The SMILES string of the molecule is C.CC(C)=O.CS(C)(=O)=O.C[N-]C(C)=O.C[N-]S(C)(=O)=O.[Y].[Y]. The van der Waals surface area contributed by atoms with Crippen molar-refractivity contribution in [2.45, 2.75) is 28.2 Å². The van der Waals surface area contributed by atoms with E-state index in [1.165, 1.54) is 34.9 Å². The molecule has 1 amide bonds. The summed E-state index contributed by atoms with van der Waals surface area (Å²) in [6.07, 6.45) is 3.37. The van der Waals surface area contributed by atoms with Gasteiger partial charge in [0.05, 0.1) is 10.0 Å². The fraction of sp³-hybridized carbons (Fsp3) is 0.818. The molecule has 0 atom stereocenters. The Bertz CT molecular complexity index is 453. The van der Waals surface area contributed by atoms with Crippen molar-refractivity contribution < 1.29 is 91.8 Å². The Morgan fingerprint density at radius 3 is 0.870 bits per heavy atom. The predicted molar refractivity (Wildman–Crippen MR) is 87.9 cm³/mol. The van der Waals surface area contributed by atoms with Crippen molar-refractivity contribution in [3.63, 3.8) is 0 Å². The maximum absolute atomic E-state index is 9.83. The number of rotatable bonds is 1. The third kappa shape index (κ3) is 271. The largest absolute Gasteiger partial charge is 0.656 e. The van der Waals surface area contributed by atoms with Gasteiger partial charge in [0.25, 0.3) is 0 Å². The summed E-state index contributed by atoms with van der Waals surface area (Å²) in [5, 5.41) is 3.25. The van der Waals surface area contributed by atoms with E-state index in [2.05, 4.69) is 10.0 Å². The fourth-order valence-electron chi connectivity index (χ4n) is 0. The fourth-order valence-corrected chi connectivity index (χ4v) is 0. The second kappa shape index (κ2) is 25.4. The second-order valence-electron chi connectivity index (χ2n) is 3.71. The van der Waals surface area contributed by atoms with Crippen molar-refractivity contribution in [1.82, 2.24) is 0 Å². The summed E-state index contributed by atoms with van der Waals surface area (Å²) in [6, 6.07) is 0. The molecule has 0 saturated heterocycles. The van der Waals surface area contributed by atoms with E-state index >= 15 is 0 Å². The molecule has 2 radical (unpaired) electrons. The Morgan fingerprint density at radius 1 is 0.783 bits per heavy atom. The molecule has 0 heterocycles. The van der Waals surface area contributed by atoms with E-state index in [0.717, 1.165) is 18.8 Å². The molecule has 0 aliphatic rings. The van der Waals surface area contributed by atoms with Gasteiger partial charge in [-0.3, -0.25) is 0 Å². The summed E-state index contributed by atoms with van der Waals surface area (Å²) in [6.45, 7) is 4.47. The summed E-state index contributed by atoms with van der Waals surface area (Å²) in [5.74, 6) is 0.0463. The number of hydrogen-bond donors (Lipinski definition) is 0. The Balaban J connectivity index is -0.0000000287. The first kappa shape index (κ1) is 44.0. The van der Waals surface area contributed by atoms with Gasteiger partial charge in [-0.05, 0) is 20.8 Å². The molecule has 0 aliphatic heterocycles. The van der Waals surface area contributed by atoms with Crippen molar-refractivity contribution in [2.24, 2.45) is 0 Å². The monoisotopic (exact) mass is 526 g/mol. The van der Waals surface area contributed by atoms with Crippen LogP contribution in [0.25, 0.3) is 10.0 Å². The molecule has 0 bridgehead atoms. The number of carbonyl (C=O) groups excluding carboxylic acids is 2. The summed E-state index contributed by atoms with van der Waals surface area (Å²) >= 11 is 0. The van der Waals surface area contributed by atoms with Crippen LogP contribution in [-0.2, 0) is 94.9 Å². The van der Waals surface area contributed by atoms with Gasteiger partial charge in [0.2, 0.25) is 0 Å². The molecule has 0 aromatic rings. The van der Waals surface area contributed by atoms with Gasteiger partial charge in [-0.25, -0.2) is 16.8 Å². The topological polar surface area (TPSA) is 131 Å². The molecule has 8 nitrogen and oxygen atoms in total. The van der Waals surface area contributed by atoms with Crippen LogP contribution in [0, 0.1) is 0 Å². The van der Waals surface area contributed by atoms with Gasteiger partial charge in [-0.2, -0.15) is 7.05 Å². The van der Waals surface area contributed by atoms with Crippen molar-refractivity contribution in [3.05, 3.63) is 10.0 Å². The van der Waals surface area contributed by atoms with Gasteiger partial charge < -0.3 is 19.6 Å². The minimum Gasteiger partial charge on any atom is -0.656 e. The molecule has 0 saturated carbocycles. The van der Waals surface area contributed by atoms with Gasteiger partial charge in [0.1, 0.15) is 15.6 Å². The standard InChI is InChI=1S/C3H7NO.C3H6O.C2H6NO2S.C2H6O2S.CH4.2Y/c1-3(5)4-2;1-3(2)4;1-3-6(2,4)5;1-5(2,3)4;;;/h1-2H3,(H,4,5);1-2H3;1-2H3;1-2H3;1H4;;/q;;-1;;;;/p-1. The number of sulfonamides is 1. The number of hydrogen-bond acceptors (Lipinski definition) is 6. The van der Waals surface area contributed by atoms with Crippen LogP contribution in [0.3, 0.4) is 0 Å². The number of amides is 1. The zero-order valence-corrected chi connectivity index (χ0v) is 21.6. The van der Waals surface area contributed by atoms with Crippen LogP contribution >= 0.6 is 0 Å². The smallest absolute Gasteiger partial charge is 0.144 e. The zero-order chi connectivity index (χ0) is 17.6. The second-order valence-corrected chi connectivity index (χ2v) is 7.83. The van der Waals surface area contributed by atoms with E-state index in [-0.39, 0.29) is 84.5 Å². The average Bonchev–Trinajstić information content (AvgIpc) is 2.14. The summed E-state index contributed by atoms with van der Waals surface area (Å²) in [5.41, 5.74) is 0. The molecule has 0 aromatic carbocycles. The van der Waals surface area contributed by atoms with E-state index in [0.29, 0.717) is 0 Å². The Hall–Kier alpha value is 1.21. The predicted octanol–water partition coefficient (Wildman–Crippen LogP) is 1.37. The Morgan fingerprint density at radius 2 is 0.870 bits per heavy atom. The average molecular weight is 526 g/mol. The van der Waals surface area contributed by atoms with Crippen molar-refractivity contribution in [3.8, 4) is 0 Å². The van der Waals surface area contributed by atoms with Crippen molar-refractivity contribution >= 4 is 31.6 Å². The van der Waals surface area contributed by atoms with Crippen LogP contribution in [0.15, 0.2) is 0 Å². The van der Waals surface area contributed by atoms with Gasteiger partial charge in [0.15, 0.2) is 0 Å². The molecule has 0 fully saturated rings. The molecular formula is C11H28N2O6S2Y2-2. The number of ketones is 1.